The van der Waals surface area contributed by atoms with E-state index in [4.69, 9.17) is 9.26 Å². The molecule has 3 aromatic rings. The molecular formula is C21H19N3O5S. The molecule has 0 spiro atoms. The van der Waals surface area contributed by atoms with Crippen LogP contribution in [0.15, 0.2) is 58.2 Å². The molecular weight excluding hydrogens is 406 g/mol. The van der Waals surface area contributed by atoms with Crippen molar-refractivity contribution in [3.8, 4) is 0 Å². The zero-order chi connectivity index (χ0) is 21.5. The first-order chi connectivity index (χ1) is 14.5. The highest BCUT2D eigenvalue weighted by Gasteiger charge is 2.18. The Kier molecular flexibility index (Phi) is 6.97. The fraction of sp³-hybridized carbons (Fsp3) is 0.190. The summed E-state index contributed by atoms with van der Waals surface area (Å²) in [7, 11) is 0. The van der Waals surface area contributed by atoms with E-state index in [-0.39, 0.29) is 5.56 Å². The van der Waals surface area contributed by atoms with Crippen LogP contribution in [0, 0.1) is 13.8 Å². The number of hydrogen-bond donors (Lipinski definition) is 1. The van der Waals surface area contributed by atoms with Crippen molar-refractivity contribution in [1.29, 1.82) is 0 Å². The zero-order valence-electron chi connectivity index (χ0n) is 16.4. The number of pyridine rings is 1. The lowest BCUT2D eigenvalue weighted by Gasteiger charge is -2.09. The van der Waals surface area contributed by atoms with Gasteiger partial charge in [0, 0.05) is 23.1 Å². The Hall–Kier alpha value is -3.46. The first-order valence-electron chi connectivity index (χ1n) is 9.01. The summed E-state index contributed by atoms with van der Waals surface area (Å²) >= 11 is 1.34. The highest BCUT2D eigenvalue weighted by atomic mass is 32.2. The van der Waals surface area contributed by atoms with Crippen molar-refractivity contribution >= 4 is 29.5 Å². The summed E-state index contributed by atoms with van der Waals surface area (Å²) in [5.41, 5.74) is 2.28. The van der Waals surface area contributed by atoms with Gasteiger partial charge in [-0.05, 0) is 38.1 Å². The number of esters is 1. The molecule has 8 nitrogen and oxygen atoms in total. The number of benzene rings is 1. The number of thioether (sulfide) groups is 1. The molecule has 1 aromatic carbocycles. The van der Waals surface area contributed by atoms with Gasteiger partial charge in [-0.3, -0.25) is 14.9 Å². The lowest BCUT2D eigenvalue weighted by atomic mass is 10.2. The Labute approximate surface area is 177 Å². The number of rotatable bonds is 7. The third kappa shape index (κ3) is 5.32. The Morgan fingerprint density at radius 2 is 1.87 bits per heavy atom. The van der Waals surface area contributed by atoms with Gasteiger partial charge in [0.15, 0.2) is 6.61 Å². The molecule has 2 aromatic heterocycles. The van der Waals surface area contributed by atoms with E-state index in [1.807, 2.05) is 13.8 Å². The van der Waals surface area contributed by atoms with Crippen LogP contribution in [0.3, 0.4) is 0 Å². The van der Waals surface area contributed by atoms with E-state index in [1.165, 1.54) is 11.8 Å². The van der Waals surface area contributed by atoms with E-state index in [1.54, 1.807) is 48.7 Å². The molecule has 1 N–H and O–H groups in total. The fourth-order valence-corrected chi connectivity index (χ4v) is 3.68. The van der Waals surface area contributed by atoms with Crippen LogP contribution >= 0.6 is 11.8 Å². The van der Waals surface area contributed by atoms with E-state index in [2.05, 4.69) is 15.5 Å². The molecule has 0 aliphatic carbocycles. The van der Waals surface area contributed by atoms with Crippen molar-refractivity contribution in [2.75, 3.05) is 6.61 Å². The van der Waals surface area contributed by atoms with Crippen LogP contribution in [0.5, 0.6) is 0 Å². The average molecular weight is 425 g/mol. The molecule has 0 radical (unpaired) electrons. The molecule has 0 atom stereocenters. The van der Waals surface area contributed by atoms with Crippen molar-refractivity contribution in [3.05, 3.63) is 76.8 Å². The van der Waals surface area contributed by atoms with Crippen molar-refractivity contribution in [2.24, 2.45) is 0 Å². The second-order valence-corrected chi connectivity index (χ2v) is 7.23. The van der Waals surface area contributed by atoms with Gasteiger partial charge < -0.3 is 9.26 Å². The third-order valence-corrected chi connectivity index (χ3v) is 5.18. The number of carbonyl (C=O) groups is 3. The monoisotopic (exact) mass is 425 g/mol. The van der Waals surface area contributed by atoms with Gasteiger partial charge in [0.1, 0.15) is 10.8 Å². The van der Waals surface area contributed by atoms with Crippen LogP contribution in [0.2, 0.25) is 0 Å². The minimum Gasteiger partial charge on any atom is -0.452 e. The van der Waals surface area contributed by atoms with E-state index in [9.17, 15) is 14.4 Å². The van der Waals surface area contributed by atoms with Crippen LogP contribution in [-0.2, 0) is 15.3 Å². The van der Waals surface area contributed by atoms with Gasteiger partial charge in [-0.25, -0.2) is 9.78 Å². The maximum absolute atomic E-state index is 12.4. The van der Waals surface area contributed by atoms with Gasteiger partial charge in [-0.2, -0.15) is 0 Å². The Balaban J connectivity index is 1.58. The summed E-state index contributed by atoms with van der Waals surface area (Å²) in [5.74, 6) is -0.754. The number of hydrogen-bond acceptors (Lipinski definition) is 8. The molecule has 2 amide bonds. The number of amides is 2. The topological polar surface area (TPSA) is 111 Å². The van der Waals surface area contributed by atoms with Gasteiger partial charge in [-0.1, -0.05) is 23.4 Å². The number of imide groups is 1. The molecule has 9 heteroatoms. The Morgan fingerprint density at radius 1 is 1.10 bits per heavy atom. The predicted octanol–water partition coefficient (Wildman–Crippen LogP) is 3.09. The molecule has 3 rings (SSSR count). The van der Waals surface area contributed by atoms with Gasteiger partial charge in [0.05, 0.1) is 11.3 Å². The highest BCUT2D eigenvalue weighted by Crippen LogP contribution is 2.27. The molecule has 0 fully saturated rings. The quantitative estimate of drug-likeness (QED) is 0.454. The Morgan fingerprint density at radius 3 is 2.57 bits per heavy atom. The molecule has 0 aliphatic heterocycles. The molecule has 0 unspecified atom stereocenters. The molecule has 0 saturated heterocycles. The maximum atomic E-state index is 12.4. The molecule has 0 saturated carbocycles. The summed E-state index contributed by atoms with van der Waals surface area (Å²) < 4.78 is 10.2. The Bertz CT molecular complexity index is 1050. The van der Waals surface area contributed by atoms with Crippen molar-refractivity contribution in [1.82, 2.24) is 15.5 Å². The number of aryl methyl sites for hydroxylation is 2. The fourth-order valence-electron chi connectivity index (χ4n) is 2.54. The average Bonchev–Trinajstić information content (AvgIpc) is 3.08. The van der Waals surface area contributed by atoms with Crippen LogP contribution in [-0.4, -0.2) is 34.5 Å². The summed E-state index contributed by atoms with van der Waals surface area (Å²) in [5, 5.41) is 6.55. The van der Waals surface area contributed by atoms with Gasteiger partial charge in [0.25, 0.3) is 11.8 Å². The molecule has 2 heterocycles. The minimum absolute atomic E-state index is 0.233. The first-order valence-corrected chi connectivity index (χ1v) is 10.00. The third-order valence-electron chi connectivity index (χ3n) is 4.15. The molecule has 0 aliphatic rings. The van der Waals surface area contributed by atoms with E-state index >= 15 is 0 Å². The van der Waals surface area contributed by atoms with Crippen LogP contribution < -0.4 is 5.32 Å². The number of aromatic nitrogens is 2. The molecule has 30 heavy (non-hydrogen) atoms. The minimum atomic E-state index is -0.717. The zero-order valence-corrected chi connectivity index (χ0v) is 17.2. The lowest BCUT2D eigenvalue weighted by molar-refractivity contribution is -0.123. The van der Waals surface area contributed by atoms with Gasteiger partial charge >= 0.3 is 5.97 Å². The van der Waals surface area contributed by atoms with Crippen molar-refractivity contribution < 1.29 is 23.6 Å². The summed E-state index contributed by atoms with van der Waals surface area (Å²) in [4.78, 5) is 40.6. The van der Waals surface area contributed by atoms with Gasteiger partial charge in [0.2, 0.25) is 0 Å². The predicted molar refractivity (Wildman–Crippen MR) is 109 cm³/mol. The largest absolute Gasteiger partial charge is 0.452 e. The van der Waals surface area contributed by atoms with Crippen LogP contribution in [0.25, 0.3) is 0 Å². The van der Waals surface area contributed by atoms with E-state index in [0.29, 0.717) is 22.1 Å². The lowest BCUT2D eigenvalue weighted by Crippen LogP contribution is -2.34. The van der Waals surface area contributed by atoms with Crippen LogP contribution in [0.1, 0.15) is 37.7 Å². The summed E-state index contributed by atoms with van der Waals surface area (Å²) in [6, 6.07) is 11.5. The SMILES string of the molecule is Cc1noc(C)c1CSc1ncccc1C(=O)OCC(=O)NC(=O)c1ccccc1. The highest BCUT2D eigenvalue weighted by molar-refractivity contribution is 7.98. The van der Waals surface area contributed by atoms with E-state index < -0.39 is 24.4 Å². The molecule has 154 valence electrons. The maximum Gasteiger partial charge on any atom is 0.341 e. The van der Waals surface area contributed by atoms with Crippen molar-refractivity contribution in [2.45, 2.75) is 24.6 Å². The molecule has 0 bridgehead atoms. The standard InChI is InChI=1S/C21H19N3O5S/c1-13-17(14(2)29-24-13)12-30-20-16(9-6-10-22-20)21(27)28-11-18(25)23-19(26)15-7-4-3-5-8-15/h3-10H,11-12H2,1-2H3,(H,23,25,26). The first kappa shape index (κ1) is 21.3. The number of nitrogens with one attached hydrogen (secondary N) is 1. The number of ether oxygens (including phenoxy) is 1. The number of nitrogens with zero attached hydrogens (tertiary/aromatic N) is 2. The van der Waals surface area contributed by atoms with Crippen LogP contribution in [0.4, 0.5) is 0 Å². The number of carbonyl (C=O) groups excluding carboxylic acids is 3. The van der Waals surface area contributed by atoms with Crippen molar-refractivity contribution in [3.63, 3.8) is 0 Å². The normalized spacial score (nSPS) is 10.5. The summed E-state index contributed by atoms with van der Waals surface area (Å²) in [6.07, 6.45) is 1.57. The van der Waals surface area contributed by atoms with Gasteiger partial charge in [-0.15, -0.1) is 11.8 Å². The smallest absolute Gasteiger partial charge is 0.341 e. The second-order valence-electron chi connectivity index (χ2n) is 6.27. The van der Waals surface area contributed by atoms with E-state index in [0.717, 1.165) is 11.3 Å². The summed E-state index contributed by atoms with van der Waals surface area (Å²) in [6.45, 7) is 3.08. The second kappa shape index (κ2) is 9.84.